The first-order valence-corrected chi connectivity index (χ1v) is 6.38. The van der Waals surface area contributed by atoms with Crippen molar-refractivity contribution < 1.29 is 8.42 Å². The molecule has 4 nitrogen and oxygen atoms in total. The number of aromatic nitrogens is 2. The van der Waals surface area contributed by atoms with Crippen LogP contribution in [0.3, 0.4) is 0 Å². The van der Waals surface area contributed by atoms with Crippen LogP contribution in [0.25, 0.3) is 0 Å². The van der Waals surface area contributed by atoms with Crippen molar-refractivity contribution in [3.8, 4) is 0 Å². The van der Waals surface area contributed by atoms with Gasteiger partial charge in [-0.05, 0) is 25.0 Å². The third-order valence-corrected chi connectivity index (χ3v) is 4.80. The van der Waals surface area contributed by atoms with Crippen molar-refractivity contribution in [2.75, 3.05) is 5.75 Å². The molecule has 1 aromatic heterocycles. The monoisotopic (exact) mass is 212 g/mol. The van der Waals surface area contributed by atoms with Crippen LogP contribution in [0.15, 0.2) is 18.3 Å². The summed E-state index contributed by atoms with van der Waals surface area (Å²) in [4.78, 5) is 0. The summed E-state index contributed by atoms with van der Waals surface area (Å²) in [7, 11) is -2.85. The van der Waals surface area contributed by atoms with E-state index in [1.54, 1.807) is 12.3 Å². The normalized spacial score (nSPS) is 25.0. The Balaban J connectivity index is 2.13. The molecule has 1 fully saturated rings. The van der Waals surface area contributed by atoms with Gasteiger partial charge in [-0.15, -0.1) is 0 Å². The Kier molecular flexibility index (Phi) is 2.50. The summed E-state index contributed by atoms with van der Waals surface area (Å²) in [6.07, 6.45) is 3.65. The maximum Gasteiger partial charge on any atom is 0.153 e. The van der Waals surface area contributed by atoms with Crippen LogP contribution in [0.4, 0.5) is 0 Å². The highest BCUT2D eigenvalue weighted by molar-refractivity contribution is 7.92. The van der Waals surface area contributed by atoms with Gasteiger partial charge in [0.1, 0.15) is 0 Å². The van der Waals surface area contributed by atoms with Gasteiger partial charge >= 0.3 is 0 Å². The van der Waals surface area contributed by atoms with Crippen LogP contribution < -0.4 is 0 Å². The van der Waals surface area contributed by atoms with E-state index in [0.717, 1.165) is 18.5 Å². The van der Waals surface area contributed by atoms with Gasteiger partial charge in [0.05, 0.1) is 16.7 Å². The van der Waals surface area contributed by atoms with E-state index in [1.165, 1.54) is 0 Å². The summed E-state index contributed by atoms with van der Waals surface area (Å²) < 4.78 is 23.0. The Bertz CT molecular complexity index is 402. The molecular weight excluding hydrogens is 200 g/mol. The molecule has 14 heavy (non-hydrogen) atoms. The Hall–Kier alpha value is -0.970. The molecule has 0 spiro atoms. The van der Waals surface area contributed by atoms with E-state index in [-0.39, 0.29) is 5.25 Å². The highest BCUT2D eigenvalue weighted by atomic mass is 32.2. The first-order chi connectivity index (χ1) is 6.68. The summed E-state index contributed by atoms with van der Waals surface area (Å²) in [6, 6.07) is 3.60. The molecule has 0 aromatic carbocycles. The minimum absolute atomic E-state index is 0.237. The van der Waals surface area contributed by atoms with Gasteiger partial charge in [-0.1, -0.05) is 0 Å². The van der Waals surface area contributed by atoms with Crippen LogP contribution in [0.1, 0.15) is 18.5 Å². The smallest absolute Gasteiger partial charge is 0.153 e. The molecule has 0 aliphatic carbocycles. The number of hydrogen-bond donors (Lipinski definition) is 0. The van der Waals surface area contributed by atoms with Gasteiger partial charge in [-0.3, -0.25) is 0 Å². The Morgan fingerprint density at radius 1 is 1.50 bits per heavy atom. The molecule has 1 atom stereocenters. The summed E-state index contributed by atoms with van der Waals surface area (Å²) in [5, 5.41) is 7.39. The molecule has 0 amide bonds. The van der Waals surface area contributed by atoms with Gasteiger partial charge in [0.2, 0.25) is 0 Å². The second-order valence-corrected chi connectivity index (χ2v) is 5.95. The van der Waals surface area contributed by atoms with Crippen molar-refractivity contribution in [2.24, 2.45) is 0 Å². The Morgan fingerprint density at radius 3 is 2.93 bits per heavy atom. The lowest BCUT2D eigenvalue weighted by atomic mass is 10.1. The SMILES string of the molecule is O=S1(=O)CCCC1Cc1cccnn1. The molecule has 1 aliphatic rings. The third kappa shape index (κ3) is 1.92. The van der Waals surface area contributed by atoms with Crippen LogP contribution in [-0.4, -0.2) is 29.6 Å². The highest BCUT2D eigenvalue weighted by Gasteiger charge is 2.31. The zero-order valence-electron chi connectivity index (χ0n) is 7.76. The zero-order chi connectivity index (χ0) is 10.0. The second kappa shape index (κ2) is 3.65. The van der Waals surface area contributed by atoms with Crippen LogP contribution in [-0.2, 0) is 16.3 Å². The van der Waals surface area contributed by atoms with Crippen molar-refractivity contribution in [1.29, 1.82) is 0 Å². The second-order valence-electron chi connectivity index (χ2n) is 3.55. The van der Waals surface area contributed by atoms with E-state index in [0.29, 0.717) is 12.2 Å². The van der Waals surface area contributed by atoms with Gasteiger partial charge in [-0.25, -0.2) is 8.42 Å². The van der Waals surface area contributed by atoms with Gasteiger partial charge in [0.15, 0.2) is 9.84 Å². The topological polar surface area (TPSA) is 59.9 Å². The standard InChI is InChI=1S/C9H12N2O2S/c12-14(13)6-2-4-9(14)7-8-3-1-5-10-11-8/h1,3,5,9H,2,4,6-7H2. The maximum absolute atomic E-state index is 11.5. The molecule has 5 heteroatoms. The van der Waals surface area contributed by atoms with E-state index in [9.17, 15) is 8.42 Å². The fourth-order valence-electron chi connectivity index (χ4n) is 1.76. The number of rotatable bonds is 2. The lowest BCUT2D eigenvalue weighted by Gasteiger charge is -2.06. The lowest BCUT2D eigenvalue weighted by Crippen LogP contribution is -2.19. The summed E-state index contributed by atoms with van der Waals surface area (Å²) in [5.74, 6) is 0.331. The molecule has 2 heterocycles. The van der Waals surface area contributed by atoms with Crippen molar-refractivity contribution >= 4 is 9.84 Å². The first kappa shape index (κ1) is 9.58. The van der Waals surface area contributed by atoms with Crippen molar-refractivity contribution in [1.82, 2.24) is 10.2 Å². The van der Waals surface area contributed by atoms with Gasteiger partial charge < -0.3 is 0 Å². The molecule has 1 saturated heterocycles. The van der Waals surface area contributed by atoms with E-state index < -0.39 is 9.84 Å². The van der Waals surface area contributed by atoms with E-state index in [1.807, 2.05) is 6.07 Å². The number of hydrogen-bond acceptors (Lipinski definition) is 4. The average Bonchev–Trinajstić information content (AvgIpc) is 2.48. The quantitative estimate of drug-likeness (QED) is 0.720. The Labute approximate surface area is 83.3 Å². The van der Waals surface area contributed by atoms with Gasteiger partial charge in [-0.2, -0.15) is 10.2 Å². The highest BCUT2D eigenvalue weighted by Crippen LogP contribution is 2.22. The molecule has 2 rings (SSSR count). The van der Waals surface area contributed by atoms with Crippen LogP contribution in [0, 0.1) is 0 Å². The van der Waals surface area contributed by atoms with E-state index in [4.69, 9.17) is 0 Å². The molecule has 0 N–H and O–H groups in total. The van der Waals surface area contributed by atoms with E-state index >= 15 is 0 Å². The van der Waals surface area contributed by atoms with E-state index in [2.05, 4.69) is 10.2 Å². The molecule has 1 unspecified atom stereocenters. The van der Waals surface area contributed by atoms with Crippen molar-refractivity contribution in [3.63, 3.8) is 0 Å². The van der Waals surface area contributed by atoms with Gasteiger partial charge in [0, 0.05) is 12.6 Å². The number of nitrogens with zero attached hydrogens (tertiary/aromatic N) is 2. The van der Waals surface area contributed by atoms with Crippen LogP contribution in [0.5, 0.6) is 0 Å². The molecule has 0 radical (unpaired) electrons. The predicted molar refractivity (Wildman–Crippen MR) is 52.5 cm³/mol. The average molecular weight is 212 g/mol. The number of sulfone groups is 1. The molecule has 1 aliphatic heterocycles. The largest absolute Gasteiger partial charge is 0.229 e. The minimum atomic E-state index is -2.85. The van der Waals surface area contributed by atoms with Crippen LogP contribution >= 0.6 is 0 Å². The van der Waals surface area contributed by atoms with Crippen molar-refractivity contribution in [2.45, 2.75) is 24.5 Å². The lowest BCUT2D eigenvalue weighted by molar-refractivity contribution is 0.587. The molecule has 0 bridgehead atoms. The maximum atomic E-state index is 11.5. The zero-order valence-corrected chi connectivity index (χ0v) is 8.57. The molecule has 0 saturated carbocycles. The fourth-order valence-corrected chi connectivity index (χ4v) is 3.62. The Morgan fingerprint density at radius 2 is 2.36 bits per heavy atom. The molecule has 1 aromatic rings. The fraction of sp³-hybridized carbons (Fsp3) is 0.556. The summed E-state index contributed by atoms with van der Waals surface area (Å²) in [5.41, 5.74) is 0.767. The van der Waals surface area contributed by atoms with Gasteiger partial charge in [0.25, 0.3) is 0 Å². The minimum Gasteiger partial charge on any atom is -0.229 e. The molecule has 76 valence electrons. The summed E-state index contributed by atoms with van der Waals surface area (Å²) in [6.45, 7) is 0. The molecular formula is C9H12N2O2S. The van der Waals surface area contributed by atoms with Crippen molar-refractivity contribution in [3.05, 3.63) is 24.0 Å². The summed E-state index contributed by atoms with van der Waals surface area (Å²) >= 11 is 0. The third-order valence-electron chi connectivity index (χ3n) is 2.53. The predicted octanol–water partition coefficient (Wildman–Crippen LogP) is 0.596. The first-order valence-electron chi connectivity index (χ1n) is 4.66. The van der Waals surface area contributed by atoms with Crippen LogP contribution in [0.2, 0.25) is 0 Å².